The number of carbonyl (C=O) groups excluding carboxylic acids is 2. The second-order valence-corrected chi connectivity index (χ2v) is 8.82. The molecule has 10 heteroatoms. The summed E-state index contributed by atoms with van der Waals surface area (Å²) in [6.45, 7) is 2.34. The number of thiocarbonyl (C=S) groups is 1. The SMILES string of the molecule is CCOc1cc(/C=C2\C(=O)NC(=S)N(c3ccccc3F)C2=O)cc(Cl)c1OCc1ccc(Cl)cc1. The highest BCUT2D eigenvalue weighted by atomic mass is 35.5. The standard InChI is InChI=1S/C26H19Cl2FN2O4S/c1-2-34-22-13-16(12-19(28)23(22)35-14-15-7-9-17(27)10-8-15)11-18-24(32)30-26(36)31(25(18)33)21-6-4-3-5-20(21)29/h3-13H,2,14H2,1H3,(H,30,32,36)/b18-11+. The summed E-state index contributed by atoms with van der Waals surface area (Å²) in [4.78, 5) is 26.8. The third kappa shape index (κ3) is 5.51. The lowest BCUT2D eigenvalue weighted by Gasteiger charge is -2.29. The van der Waals surface area contributed by atoms with Crippen LogP contribution < -0.4 is 19.7 Å². The van der Waals surface area contributed by atoms with E-state index in [1.54, 1.807) is 31.2 Å². The number of anilines is 1. The van der Waals surface area contributed by atoms with Gasteiger partial charge in [-0.3, -0.25) is 14.9 Å². The molecule has 1 saturated heterocycles. The van der Waals surface area contributed by atoms with Gasteiger partial charge in [-0.05, 0) is 72.7 Å². The van der Waals surface area contributed by atoms with Gasteiger partial charge in [-0.15, -0.1) is 0 Å². The Balaban J connectivity index is 1.66. The summed E-state index contributed by atoms with van der Waals surface area (Å²) in [5.41, 5.74) is 0.956. The summed E-state index contributed by atoms with van der Waals surface area (Å²) in [6, 6.07) is 15.9. The van der Waals surface area contributed by atoms with Crippen molar-refractivity contribution in [1.29, 1.82) is 0 Å². The highest BCUT2D eigenvalue weighted by Gasteiger charge is 2.35. The molecule has 0 spiro atoms. The Kier molecular flexibility index (Phi) is 7.88. The molecule has 6 nitrogen and oxygen atoms in total. The minimum atomic E-state index is -0.772. The summed E-state index contributed by atoms with van der Waals surface area (Å²) >= 11 is 17.6. The number of benzene rings is 3. The Morgan fingerprint density at radius 3 is 2.47 bits per heavy atom. The molecule has 1 heterocycles. The van der Waals surface area contributed by atoms with Crippen LogP contribution in [0, 0.1) is 5.82 Å². The molecule has 0 bridgehead atoms. The van der Waals surface area contributed by atoms with Crippen LogP contribution in [0.3, 0.4) is 0 Å². The number of hydrogen-bond donors (Lipinski definition) is 1. The van der Waals surface area contributed by atoms with Crippen LogP contribution >= 0.6 is 35.4 Å². The first-order chi connectivity index (χ1) is 17.3. The average Bonchev–Trinajstić information content (AvgIpc) is 2.83. The molecule has 2 amide bonds. The van der Waals surface area contributed by atoms with E-state index < -0.39 is 17.6 Å². The van der Waals surface area contributed by atoms with E-state index in [1.807, 2.05) is 12.1 Å². The number of hydrogen-bond acceptors (Lipinski definition) is 5. The Labute approximate surface area is 222 Å². The fourth-order valence-corrected chi connectivity index (χ4v) is 4.16. The lowest BCUT2D eigenvalue weighted by Crippen LogP contribution is -2.54. The van der Waals surface area contributed by atoms with Crippen LogP contribution in [-0.4, -0.2) is 23.5 Å². The van der Waals surface area contributed by atoms with Gasteiger partial charge in [-0.25, -0.2) is 9.29 Å². The predicted molar refractivity (Wildman–Crippen MR) is 141 cm³/mol. The molecule has 3 aromatic carbocycles. The Morgan fingerprint density at radius 1 is 1.06 bits per heavy atom. The molecule has 0 aromatic heterocycles. The second-order valence-electron chi connectivity index (χ2n) is 7.59. The second kappa shape index (κ2) is 11.1. The summed E-state index contributed by atoms with van der Waals surface area (Å²) < 4.78 is 26.0. The molecule has 1 fully saturated rings. The molecule has 0 aliphatic carbocycles. The summed E-state index contributed by atoms with van der Waals surface area (Å²) in [6.07, 6.45) is 1.34. The highest BCUT2D eigenvalue weighted by Crippen LogP contribution is 2.38. The van der Waals surface area contributed by atoms with Crippen LogP contribution in [0.2, 0.25) is 10.0 Å². The number of carbonyl (C=O) groups is 2. The van der Waals surface area contributed by atoms with Crippen LogP contribution in [0.25, 0.3) is 6.08 Å². The monoisotopic (exact) mass is 544 g/mol. The third-order valence-corrected chi connectivity index (χ3v) is 5.95. The fraction of sp³-hybridized carbons (Fsp3) is 0.115. The fourth-order valence-electron chi connectivity index (χ4n) is 3.49. The predicted octanol–water partition coefficient (Wildman–Crippen LogP) is 5.94. The van der Waals surface area contributed by atoms with E-state index in [0.29, 0.717) is 28.7 Å². The molecule has 4 rings (SSSR count). The molecule has 0 unspecified atom stereocenters. The average molecular weight is 545 g/mol. The first kappa shape index (κ1) is 25.6. The zero-order chi connectivity index (χ0) is 25.8. The lowest BCUT2D eigenvalue weighted by molar-refractivity contribution is -0.122. The summed E-state index contributed by atoms with van der Waals surface area (Å²) in [7, 11) is 0. The van der Waals surface area contributed by atoms with Crippen molar-refractivity contribution < 1.29 is 23.5 Å². The van der Waals surface area contributed by atoms with Crippen LogP contribution in [-0.2, 0) is 16.2 Å². The number of nitrogens with zero attached hydrogens (tertiary/aromatic N) is 1. The van der Waals surface area contributed by atoms with Crippen molar-refractivity contribution in [3.05, 3.63) is 93.2 Å². The van der Waals surface area contributed by atoms with Gasteiger partial charge >= 0.3 is 0 Å². The number of para-hydroxylation sites is 1. The van der Waals surface area contributed by atoms with Crippen LogP contribution in [0.5, 0.6) is 11.5 Å². The first-order valence-corrected chi connectivity index (χ1v) is 11.9. The third-order valence-electron chi connectivity index (χ3n) is 5.13. The number of nitrogens with one attached hydrogen (secondary N) is 1. The minimum absolute atomic E-state index is 0.0719. The van der Waals surface area contributed by atoms with Crippen LogP contribution in [0.1, 0.15) is 18.1 Å². The quantitative estimate of drug-likeness (QED) is 0.226. The van der Waals surface area contributed by atoms with E-state index in [1.165, 1.54) is 30.3 Å². The van der Waals surface area contributed by atoms with Crippen LogP contribution in [0.4, 0.5) is 10.1 Å². The van der Waals surface area contributed by atoms with Gasteiger partial charge in [0.2, 0.25) is 0 Å². The van der Waals surface area contributed by atoms with Crippen molar-refractivity contribution in [1.82, 2.24) is 5.32 Å². The molecule has 0 atom stereocenters. The number of amides is 2. The Morgan fingerprint density at radius 2 is 1.78 bits per heavy atom. The normalized spacial score (nSPS) is 14.7. The van der Waals surface area contributed by atoms with Gasteiger partial charge in [0.1, 0.15) is 18.0 Å². The lowest BCUT2D eigenvalue weighted by atomic mass is 10.1. The van der Waals surface area contributed by atoms with E-state index in [0.717, 1.165) is 10.5 Å². The Bertz CT molecular complexity index is 1380. The molecule has 0 radical (unpaired) electrons. The number of halogens is 3. The largest absolute Gasteiger partial charge is 0.490 e. The van der Waals surface area contributed by atoms with E-state index in [2.05, 4.69) is 5.32 Å². The molecule has 184 valence electrons. The van der Waals surface area contributed by atoms with Crippen molar-refractivity contribution in [2.75, 3.05) is 11.5 Å². The van der Waals surface area contributed by atoms with E-state index in [4.69, 9.17) is 44.9 Å². The molecule has 1 aliphatic heterocycles. The highest BCUT2D eigenvalue weighted by molar-refractivity contribution is 7.80. The molecule has 3 aromatic rings. The van der Waals surface area contributed by atoms with Crippen molar-refractivity contribution >= 4 is 64.1 Å². The molecule has 1 N–H and O–H groups in total. The zero-order valence-corrected chi connectivity index (χ0v) is 21.2. The Hall–Kier alpha value is -3.46. The summed E-state index contributed by atoms with van der Waals surface area (Å²) in [5.74, 6) is -1.51. The van der Waals surface area contributed by atoms with Gasteiger partial charge < -0.3 is 9.47 Å². The maximum absolute atomic E-state index is 14.4. The van der Waals surface area contributed by atoms with Crippen LogP contribution in [0.15, 0.2) is 66.2 Å². The molecular formula is C26H19Cl2FN2O4S. The smallest absolute Gasteiger partial charge is 0.270 e. The number of ether oxygens (including phenoxy) is 2. The van der Waals surface area contributed by atoms with E-state index in [9.17, 15) is 14.0 Å². The minimum Gasteiger partial charge on any atom is -0.490 e. The van der Waals surface area contributed by atoms with Gasteiger partial charge in [0.25, 0.3) is 11.8 Å². The summed E-state index contributed by atoms with van der Waals surface area (Å²) in [5, 5.41) is 3.04. The molecular weight excluding hydrogens is 526 g/mol. The zero-order valence-electron chi connectivity index (χ0n) is 18.9. The maximum atomic E-state index is 14.4. The van der Waals surface area contributed by atoms with E-state index in [-0.39, 0.29) is 28.0 Å². The first-order valence-electron chi connectivity index (χ1n) is 10.8. The maximum Gasteiger partial charge on any atom is 0.270 e. The number of rotatable bonds is 7. The van der Waals surface area contributed by atoms with Crippen molar-refractivity contribution in [2.24, 2.45) is 0 Å². The van der Waals surface area contributed by atoms with Crippen molar-refractivity contribution in [2.45, 2.75) is 13.5 Å². The van der Waals surface area contributed by atoms with Gasteiger partial charge in [0, 0.05) is 5.02 Å². The molecule has 36 heavy (non-hydrogen) atoms. The van der Waals surface area contributed by atoms with Gasteiger partial charge in [-0.1, -0.05) is 47.5 Å². The van der Waals surface area contributed by atoms with Crippen molar-refractivity contribution in [3.63, 3.8) is 0 Å². The molecule has 0 saturated carbocycles. The van der Waals surface area contributed by atoms with Crippen molar-refractivity contribution in [3.8, 4) is 11.5 Å². The molecule has 1 aliphatic rings. The van der Waals surface area contributed by atoms with Gasteiger partial charge in [0.05, 0.1) is 17.3 Å². The van der Waals surface area contributed by atoms with E-state index >= 15 is 0 Å². The van der Waals surface area contributed by atoms with Gasteiger partial charge in [0.15, 0.2) is 16.6 Å². The topological polar surface area (TPSA) is 67.9 Å². The van der Waals surface area contributed by atoms with Gasteiger partial charge in [-0.2, -0.15) is 0 Å².